The number of thiophene rings is 1. The van der Waals surface area contributed by atoms with Crippen molar-refractivity contribution in [2.45, 2.75) is 47.0 Å². The van der Waals surface area contributed by atoms with Crippen LogP contribution >= 0.6 is 11.3 Å². The van der Waals surface area contributed by atoms with Gasteiger partial charge in [0.1, 0.15) is 4.88 Å². The van der Waals surface area contributed by atoms with Crippen LogP contribution in [0.25, 0.3) is 0 Å². The predicted molar refractivity (Wildman–Crippen MR) is 106 cm³/mol. The average molecular weight is 404 g/mol. The van der Waals surface area contributed by atoms with Gasteiger partial charge < -0.3 is 14.5 Å². The van der Waals surface area contributed by atoms with Crippen molar-refractivity contribution in [2.75, 3.05) is 13.2 Å². The Balaban J connectivity index is 1.71. The number of Topliss-reactive ketones (excluding diaryl/α,β-unsaturated/α-hetero) is 1. The Kier molecular flexibility index (Phi) is 6.03. The SMILES string of the molecule is CCOC(=O)c1c(C)[nH]c(C)c1C(=O)COC(=O)c1cc2c(s1)CC[C@H](C)C2. The molecule has 1 aliphatic carbocycles. The number of hydrogen-bond donors (Lipinski definition) is 1. The summed E-state index contributed by atoms with van der Waals surface area (Å²) in [4.78, 5) is 42.1. The van der Waals surface area contributed by atoms with Crippen molar-refractivity contribution < 1.29 is 23.9 Å². The van der Waals surface area contributed by atoms with Crippen molar-refractivity contribution >= 4 is 29.1 Å². The number of fused-ring (bicyclic) bond motifs is 1. The lowest BCUT2D eigenvalue weighted by Crippen LogP contribution is -2.17. The van der Waals surface area contributed by atoms with Gasteiger partial charge in [0.25, 0.3) is 0 Å². The summed E-state index contributed by atoms with van der Waals surface area (Å²) in [6, 6.07) is 1.89. The maximum Gasteiger partial charge on any atom is 0.348 e. The second kappa shape index (κ2) is 8.31. The molecule has 150 valence electrons. The third kappa shape index (κ3) is 4.04. The number of aromatic nitrogens is 1. The minimum absolute atomic E-state index is 0.209. The highest BCUT2D eigenvalue weighted by Crippen LogP contribution is 2.32. The van der Waals surface area contributed by atoms with Crippen LogP contribution in [0.15, 0.2) is 6.07 Å². The van der Waals surface area contributed by atoms with Crippen LogP contribution in [0.4, 0.5) is 0 Å². The number of aryl methyl sites for hydroxylation is 3. The van der Waals surface area contributed by atoms with Crippen LogP contribution in [-0.2, 0) is 22.3 Å². The summed E-state index contributed by atoms with van der Waals surface area (Å²) >= 11 is 1.45. The maximum absolute atomic E-state index is 12.7. The van der Waals surface area contributed by atoms with Gasteiger partial charge in [-0.25, -0.2) is 9.59 Å². The molecule has 0 saturated heterocycles. The Bertz CT molecular complexity index is 924. The number of hydrogen-bond acceptors (Lipinski definition) is 6. The molecule has 1 atom stereocenters. The molecule has 3 rings (SSSR count). The van der Waals surface area contributed by atoms with Gasteiger partial charge in [-0.3, -0.25) is 4.79 Å². The Morgan fingerprint density at radius 1 is 1.14 bits per heavy atom. The molecule has 28 heavy (non-hydrogen) atoms. The lowest BCUT2D eigenvalue weighted by molar-refractivity contribution is 0.0476. The van der Waals surface area contributed by atoms with E-state index < -0.39 is 24.3 Å². The molecule has 2 heterocycles. The topological polar surface area (TPSA) is 85.5 Å². The molecule has 0 radical (unpaired) electrons. The van der Waals surface area contributed by atoms with Gasteiger partial charge in [-0.15, -0.1) is 11.3 Å². The molecule has 2 aromatic heterocycles. The van der Waals surface area contributed by atoms with Gasteiger partial charge in [-0.1, -0.05) is 6.92 Å². The van der Waals surface area contributed by atoms with E-state index in [0.717, 1.165) is 19.3 Å². The average Bonchev–Trinajstić information content (AvgIpc) is 3.19. The van der Waals surface area contributed by atoms with E-state index in [1.54, 1.807) is 20.8 Å². The van der Waals surface area contributed by atoms with E-state index in [1.165, 1.54) is 21.8 Å². The van der Waals surface area contributed by atoms with Crippen molar-refractivity contribution in [3.63, 3.8) is 0 Å². The Morgan fingerprint density at radius 2 is 1.86 bits per heavy atom. The standard InChI is InChI=1S/C21H25NO5S/c1-5-26-21(25)19-13(4)22-12(3)18(19)15(23)10-27-20(24)17-9-14-8-11(2)6-7-16(14)28-17/h9,11,22H,5-8,10H2,1-4H3/t11-/m0/s1. The largest absolute Gasteiger partial charge is 0.462 e. The number of ether oxygens (including phenoxy) is 2. The van der Waals surface area contributed by atoms with Crippen LogP contribution in [-0.4, -0.2) is 35.9 Å². The van der Waals surface area contributed by atoms with Crippen LogP contribution < -0.4 is 0 Å². The van der Waals surface area contributed by atoms with Gasteiger partial charge in [-0.05, 0) is 57.6 Å². The molecule has 0 saturated carbocycles. The van der Waals surface area contributed by atoms with E-state index in [4.69, 9.17) is 9.47 Å². The Hall–Kier alpha value is -2.41. The molecule has 0 spiro atoms. The first-order chi connectivity index (χ1) is 13.3. The van der Waals surface area contributed by atoms with E-state index >= 15 is 0 Å². The number of aromatic amines is 1. The minimum Gasteiger partial charge on any atom is -0.462 e. The van der Waals surface area contributed by atoms with E-state index in [1.807, 2.05) is 6.07 Å². The Morgan fingerprint density at radius 3 is 2.57 bits per heavy atom. The highest BCUT2D eigenvalue weighted by Gasteiger charge is 2.27. The summed E-state index contributed by atoms with van der Waals surface area (Å²) < 4.78 is 10.3. The Labute approximate surface area is 168 Å². The fourth-order valence-corrected chi connectivity index (χ4v) is 4.77. The van der Waals surface area contributed by atoms with E-state index in [9.17, 15) is 14.4 Å². The molecule has 0 bridgehead atoms. The number of carbonyl (C=O) groups is 3. The normalized spacial score (nSPS) is 15.8. The lowest BCUT2D eigenvalue weighted by atomic mass is 9.90. The van der Waals surface area contributed by atoms with Gasteiger partial charge in [0.2, 0.25) is 5.78 Å². The first kappa shape index (κ1) is 20.3. The van der Waals surface area contributed by atoms with Crippen LogP contribution in [0, 0.1) is 19.8 Å². The fraction of sp³-hybridized carbons (Fsp3) is 0.476. The summed E-state index contributed by atoms with van der Waals surface area (Å²) in [5, 5.41) is 0. The monoisotopic (exact) mass is 403 g/mol. The van der Waals surface area contributed by atoms with Gasteiger partial charge in [0.15, 0.2) is 6.61 Å². The molecule has 0 aliphatic heterocycles. The quantitative estimate of drug-likeness (QED) is 0.581. The third-order valence-electron chi connectivity index (χ3n) is 5.00. The molecule has 2 aromatic rings. The third-order valence-corrected chi connectivity index (χ3v) is 6.22. The highest BCUT2D eigenvalue weighted by atomic mass is 32.1. The maximum atomic E-state index is 12.7. The first-order valence-electron chi connectivity index (χ1n) is 9.50. The molecule has 0 fully saturated rings. The van der Waals surface area contributed by atoms with Crippen molar-refractivity contribution in [2.24, 2.45) is 5.92 Å². The molecular formula is C21H25NO5S. The fourth-order valence-electron chi connectivity index (χ4n) is 3.67. The molecule has 0 aromatic carbocycles. The number of esters is 2. The lowest BCUT2D eigenvalue weighted by Gasteiger charge is -2.16. The number of ketones is 1. The summed E-state index contributed by atoms with van der Waals surface area (Å²) in [5.74, 6) is -0.857. The van der Waals surface area contributed by atoms with Gasteiger partial charge >= 0.3 is 11.9 Å². The van der Waals surface area contributed by atoms with Crippen LogP contribution in [0.5, 0.6) is 0 Å². The molecule has 0 unspecified atom stereocenters. The van der Waals surface area contributed by atoms with Gasteiger partial charge in [0.05, 0.1) is 17.7 Å². The molecule has 7 heteroatoms. The number of nitrogens with one attached hydrogen (secondary N) is 1. The predicted octanol–water partition coefficient (Wildman–Crippen LogP) is 4.03. The summed E-state index contributed by atoms with van der Waals surface area (Å²) in [5.41, 5.74) is 2.76. The number of rotatable bonds is 6. The highest BCUT2D eigenvalue weighted by molar-refractivity contribution is 7.14. The second-order valence-corrected chi connectivity index (χ2v) is 8.39. The summed E-state index contributed by atoms with van der Waals surface area (Å²) in [6.07, 6.45) is 3.09. The number of carbonyl (C=O) groups excluding carboxylic acids is 3. The van der Waals surface area contributed by atoms with E-state index in [0.29, 0.717) is 22.2 Å². The van der Waals surface area contributed by atoms with Crippen molar-refractivity contribution in [3.8, 4) is 0 Å². The van der Waals surface area contributed by atoms with Crippen LogP contribution in [0.3, 0.4) is 0 Å². The molecule has 1 N–H and O–H groups in total. The molecular weight excluding hydrogens is 378 g/mol. The van der Waals surface area contributed by atoms with E-state index in [2.05, 4.69) is 11.9 Å². The first-order valence-corrected chi connectivity index (χ1v) is 10.3. The van der Waals surface area contributed by atoms with Crippen molar-refractivity contribution in [3.05, 3.63) is 43.9 Å². The smallest absolute Gasteiger partial charge is 0.348 e. The zero-order valence-electron chi connectivity index (χ0n) is 16.6. The summed E-state index contributed by atoms with van der Waals surface area (Å²) in [7, 11) is 0. The molecule has 0 amide bonds. The second-order valence-electron chi connectivity index (χ2n) is 7.25. The van der Waals surface area contributed by atoms with Crippen molar-refractivity contribution in [1.82, 2.24) is 4.98 Å². The van der Waals surface area contributed by atoms with Crippen molar-refractivity contribution in [1.29, 1.82) is 0 Å². The van der Waals surface area contributed by atoms with Gasteiger partial charge in [0, 0.05) is 16.3 Å². The summed E-state index contributed by atoms with van der Waals surface area (Å²) in [6.45, 7) is 7.13. The minimum atomic E-state index is -0.556. The number of H-pyrrole nitrogens is 1. The zero-order valence-corrected chi connectivity index (χ0v) is 17.5. The van der Waals surface area contributed by atoms with Crippen LogP contribution in [0.2, 0.25) is 0 Å². The molecule has 6 nitrogen and oxygen atoms in total. The molecule has 1 aliphatic rings. The van der Waals surface area contributed by atoms with E-state index in [-0.39, 0.29) is 17.7 Å². The zero-order chi connectivity index (χ0) is 20.4. The van der Waals surface area contributed by atoms with Crippen LogP contribution in [0.1, 0.15) is 72.5 Å². The van der Waals surface area contributed by atoms with Gasteiger partial charge in [-0.2, -0.15) is 0 Å².